The molecule has 0 bridgehead atoms. The highest BCUT2D eigenvalue weighted by molar-refractivity contribution is 7.90. The Kier molecular flexibility index (Phi) is 23.1. The van der Waals surface area contributed by atoms with Crippen molar-refractivity contribution in [2.75, 3.05) is 147 Å². The van der Waals surface area contributed by atoms with E-state index in [0.29, 0.717) is 159 Å². The zero-order valence-corrected chi connectivity index (χ0v) is 55.8. The number of pyridine rings is 1. The van der Waals surface area contributed by atoms with Gasteiger partial charge in [0.1, 0.15) is 34.6 Å². The first kappa shape index (κ1) is 69.1. The predicted octanol–water partition coefficient (Wildman–Crippen LogP) is 8.11. The van der Waals surface area contributed by atoms with Gasteiger partial charge in [-0.3, -0.25) is 39.5 Å². The fourth-order valence-electron chi connectivity index (χ4n) is 12.8. The number of aromatic nitrogens is 2. The highest BCUT2D eigenvalue weighted by atomic mass is 35.5. The topological polar surface area (TPSA) is 300 Å². The van der Waals surface area contributed by atoms with Crippen LogP contribution in [0.1, 0.15) is 57.5 Å². The molecule has 7 aromatic rings. The van der Waals surface area contributed by atoms with Crippen LogP contribution in [-0.4, -0.2) is 199 Å². The molecule has 5 N–H and O–H groups in total. The molecule has 4 amide bonds. The number of hydrogen-bond donors (Lipinski definition) is 5. The minimum Gasteiger partial charge on any atom is -0.493 e. The molecule has 0 saturated carbocycles. The molecule has 26 nitrogen and oxygen atoms in total. The molecule has 518 valence electrons. The number of hydrogen-bond acceptors (Lipinski definition) is 21. The summed E-state index contributed by atoms with van der Waals surface area (Å²) < 4.78 is 71.4. The van der Waals surface area contributed by atoms with Crippen LogP contribution in [0.2, 0.25) is 5.02 Å². The molecule has 1 atom stereocenters. The molecule has 4 fully saturated rings. The number of imide groups is 1. The van der Waals surface area contributed by atoms with Crippen molar-refractivity contribution in [2.24, 2.45) is 11.8 Å². The quantitative estimate of drug-likeness (QED) is 0.0112. The lowest BCUT2D eigenvalue weighted by Gasteiger charge is -2.39. The van der Waals surface area contributed by atoms with Gasteiger partial charge in [-0.1, -0.05) is 41.9 Å². The second-order valence-corrected chi connectivity index (χ2v) is 26.9. The normalized spacial score (nSPS) is 17.2. The van der Waals surface area contributed by atoms with Crippen LogP contribution in [0, 0.1) is 22.0 Å². The SMILES string of the molecule is O=C1CCC(N2Cc3c(NCCOCCOCCOCCOCCN4CC(COc5cccc(-c6ccc(Cl)cc6)c5CN5CCN(c6ccc(C(=O)NS(=O)(=O)c7ccc(NCC8CCOCC8)c([N+](=O)[O-])c7)c(Oc7cnc8[nH]ccc8c7)c6)CC5)C4)cccc3C2=O)C(=O)N1. The van der Waals surface area contributed by atoms with Crippen molar-refractivity contribution in [2.45, 2.75) is 49.7 Å². The third-order valence-electron chi connectivity index (χ3n) is 18.2. The smallest absolute Gasteiger partial charge is 0.293 e. The van der Waals surface area contributed by atoms with Gasteiger partial charge in [0.25, 0.3) is 27.5 Å². The Morgan fingerprint density at radius 2 is 1.49 bits per heavy atom. The first-order chi connectivity index (χ1) is 47.7. The summed E-state index contributed by atoms with van der Waals surface area (Å²) >= 11 is 6.37. The summed E-state index contributed by atoms with van der Waals surface area (Å²) in [6.07, 6.45) is 5.38. The number of benzene rings is 5. The number of aromatic amines is 1. The summed E-state index contributed by atoms with van der Waals surface area (Å²) in [5.41, 5.74) is 6.37. The van der Waals surface area contributed by atoms with Gasteiger partial charge in [-0.25, -0.2) is 18.1 Å². The summed E-state index contributed by atoms with van der Waals surface area (Å²) in [4.78, 5) is 78.5. The molecular weight excluding hydrogens is 1300 g/mol. The van der Waals surface area contributed by atoms with Gasteiger partial charge in [0.05, 0.1) is 81.0 Å². The molecule has 5 aliphatic heterocycles. The minimum atomic E-state index is -4.62. The van der Waals surface area contributed by atoms with Crippen molar-refractivity contribution in [1.29, 1.82) is 0 Å². The summed E-state index contributed by atoms with van der Waals surface area (Å²) in [7, 11) is -4.62. The second-order valence-electron chi connectivity index (χ2n) is 24.8. The van der Waals surface area contributed by atoms with Crippen molar-refractivity contribution in [1.82, 2.24) is 34.7 Å². The zero-order valence-electron chi connectivity index (χ0n) is 54.3. The Labute approximate surface area is 572 Å². The number of H-pyrrole nitrogens is 1. The maximum Gasteiger partial charge on any atom is 0.293 e. The second kappa shape index (κ2) is 32.7. The van der Waals surface area contributed by atoms with Crippen LogP contribution in [-0.2, 0) is 56.4 Å². The summed E-state index contributed by atoms with van der Waals surface area (Å²) in [6.45, 7) is 12.5. The Morgan fingerprint density at radius 1 is 0.755 bits per heavy atom. The predicted molar refractivity (Wildman–Crippen MR) is 366 cm³/mol. The molecule has 4 saturated heterocycles. The lowest BCUT2D eigenvalue weighted by Crippen LogP contribution is -2.52. The van der Waals surface area contributed by atoms with E-state index in [-0.39, 0.29) is 41.2 Å². The van der Waals surface area contributed by atoms with Gasteiger partial charge in [0.2, 0.25) is 11.8 Å². The highest BCUT2D eigenvalue weighted by Crippen LogP contribution is 2.38. The third-order valence-corrected chi connectivity index (χ3v) is 19.7. The standard InChI is InChI=1S/C70H80ClN11O15S/c71-51-9-7-49(8-10-51)55-3-2-6-64(96-46-48-42-79(43-48)26-30-93-32-34-95-36-35-94-33-31-92-29-21-72-60-5-1-4-56-58(60)45-81(70(56)86)62-15-16-66(83)76-69(62)85)59(55)44-78-22-24-80(25-23-78)52-11-13-57(65(38-52)97-53-37-50-17-20-73-67(50)75-41-53)68(84)77-98(89,90)54-12-14-61(63(39-54)82(87)88)74-40-47-18-27-91-28-19-47/h1-14,17,20,37-39,41,47-48,62,72,74H,15-16,18-19,21-36,40,42-46H2,(H,73,75)(H,77,84)(H,76,83,85). The van der Waals surface area contributed by atoms with E-state index < -0.39 is 43.4 Å². The molecule has 0 aliphatic carbocycles. The molecule has 28 heteroatoms. The third kappa shape index (κ3) is 17.6. The zero-order chi connectivity index (χ0) is 68.0. The Hall–Kier alpha value is -8.77. The number of fused-ring (bicyclic) bond motifs is 2. The van der Waals surface area contributed by atoms with Gasteiger partial charge in [-0.2, -0.15) is 0 Å². The van der Waals surface area contributed by atoms with Crippen LogP contribution >= 0.6 is 11.6 Å². The Bertz CT molecular complexity index is 4090. The summed E-state index contributed by atoms with van der Waals surface area (Å²) in [6, 6.07) is 30.9. The number of likely N-dealkylation sites (tertiary alicyclic amines) is 1. The molecule has 0 spiro atoms. The number of ether oxygens (including phenoxy) is 7. The van der Waals surface area contributed by atoms with E-state index in [1.807, 2.05) is 54.6 Å². The average molecular weight is 1380 g/mol. The number of nitrogens with one attached hydrogen (secondary N) is 5. The number of piperidine rings is 1. The molecule has 5 aliphatic rings. The van der Waals surface area contributed by atoms with Crippen LogP contribution in [0.3, 0.4) is 0 Å². The molecule has 12 rings (SSSR count). The van der Waals surface area contributed by atoms with E-state index in [1.165, 1.54) is 29.3 Å². The number of piperazine rings is 1. The van der Waals surface area contributed by atoms with Crippen LogP contribution in [0.15, 0.2) is 126 Å². The van der Waals surface area contributed by atoms with Gasteiger partial charge in [0, 0.05) is 154 Å². The van der Waals surface area contributed by atoms with Crippen molar-refractivity contribution in [3.05, 3.63) is 159 Å². The van der Waals surface area contributed by atoms with E-state index >= 15 is 0 Å². The van der Waals surface area contributed by atoms with E-state index in [2.05, 4.69) is 51.4 Å². The lowest BCUT2D eigenvalue weighted by molar-refractivity contribution is -0.384. The molecule has 1 unspecified atom stereocenters. The number of rotatable bonds is 33. The first-order valence-electron chi connectivity index (χ1n) is 33.1. The minimum absolute atomic E-state index is 0.0790. The monoisotopic (exact) mass is 1380 g/mol. The van der Waals surface area contributed by atoms with Crippen molar-refractivity contribution in [3.63, 3.8) is 0 Å². The largest absolute Gasteiger partial charge is 0.493 e. The average Bonchev–Trinajstić information content (AvgIpc) is 1.19. The van der Waals surface area contributed by atoms with Crippen LogP contribution < -0.4 is 35.0 Å². The molecule has 5 aromatic carbocycles. The van der Waals surface area contributed by atoms with Crippen molar-refractivity contribution >= 4 is 79.0 Å². The first-order valence-corrected chi connectivity index (χ1v) is 35.0. The van der Waals surface area contributed by atoms with E-state index in [1.54, 1.807) is 30.5 Å². The van der Waals surface area contributed by atoms with Crippen LogP contribution in [0.4, 0.5) is 22.7 Å². The number of anilines is 3. The molecule has 2 aromatic heterocycles. The Morgan fingerprint density at radius 3 is 2.24 bits per heavy atom. The number of nitrogens with zero attached hydrogens (tertiary/aromatic N) is 6. The summed E-state index contributed by atoms with van der Waals surface area (Å²) in [5, 5.41) is 22.4. The lowest BCUT2D eigenvalue weighted by atomic mass is 9.97. The Balaban J connectivity index is 0.574. The maximum absolute atomic E-state index is 14.2. The van der Waals surface area contributed by atoms with Crippen LogP contribution in [0.25, 0.3) is 22.2 Å². The van der Waals surface area contributed by atoms with Gasteiger partial charge in [0.15, 0.2) is 0 Å². The highest BCUT2D eigenvalue weighted by Gasteiger charge is 2.40. The van der Waals surface area contributed by atoms with Crippen molar-refractivity contribution in [3.8, 4) is 28.4 Å². The molecular formula is C70H80ClN11O15S. The molecule has 7 heterocycles. The van der Waals surface area contributed by atoms with E-state index in [4.69, 9.17) is 44.8 Å². The number of halogens is 1. The number of carbonyl (C=O) groups is 4. The molecule has 0 radical (unpaired) electrons. The number of carbonyl (C=O) groups excluding carboxylic acids is 4. The van der Waals surface area contributed by atoms with Gasteiger partial charge >= 0.3 is 0 Å². The number of nitro benzene ring substituents is 1. The van der Waals surface area contributed by atoms with E-state index in [0.717, 1.165) is 83.3 Å². The van der Waals surface area contributed by atoms with Crippen molar-refractivity contribution < 1.29 is 65.7 Å². The molecule has 98 heavy (non-hydrogen) atoms. The number of nitro groups is 1. The number of amides is 4. The summed E-state index contributed by atoms with van der Waals surface area (Å²) in [5.74, 6) is -0.144. The van der Waals surface area contributed by atoms with Gasteiger partial charge in [-0.15, -0.1) is 0 Å². The van der Waals surface area contributed by atoms with E-state index in [9.17, 15) is 37.7 Å². The maximum atomic E-state index is 14.2. The van der Waals surface area contributed by atoms with Gasteiger partial charge < -0.3 is 63.5 Å². The fourth-order valence-corrected chi connectivity index (χ4v) is 13.9. The fraction of sp³-hybridized carbons (Fsp3) is 0.414. The van der Waals surface area contributed by atoms with Crippen LogP contribution in [0.5, 0.6) is 17.2 Å². The van der Waals surface area contributed by atoms with Gasteiger partial charge in [-0.05, 0) is 103 Å². The number of sulfonamides is 1.